The molecule has 0 aliphatic rings. The second kappa shape index (κ2) is 28.3. The molecular weight excluding hydrogens is 1430 g/mol. The van der Waals surface area contributed by atoms with Crippen molar-refractivity contribution < 1.29 is 41.7 Å². The first-order valence-corrected chi connectivity index (χ1v) is 38.7. The van der Waals surface area contributed by atoms with Crippen molar-refractivity contribution >= 4 is 162 Å². The molecule has 2 heteroatoms. The van der Waals surface area contributed by atoms with E-state index in [1.807, 2.05) is 170 Å². The van der Waals surface area contributed by atoms with Gasteiger partial charge in [-0.3, -0.25) is 0 Å². The molecule has 25 aromatic rings. The lowest BCUT2D eigenvalue weighted by atomic mass is 9.84. The molecule has 0 saturated heterocycles. The smallest absolute Gasteiger partial charge is 0.143 e. The van der Waals surface area contributed by atoms with Gasteiger partial charge in [-0.15, -0.1) is 0 Å². The van der Waals surface area contributed by atoms with Crippen molar-refractivity contribution in [3.8, 4) is 77.9 Å². The Morgan fingerprint density at radius 1 is 0.161 bits per heavy atom. The summed E-state index contributed by atoms with van der Waals surface area (Å²) in [5, 5.41) is 16.0. The van der Waals surface area contributed by atoms with E-state index >= 15 is 0 Å². The van der Waals surface area contributed by atoms with Gasteiger partial charge in [0.05, 0.1) is 32.9 Å². The first kappa shape index (κ1) is 47.9. The molecule has 0 fully saturated rings. The Labute approximate surface area is 714 Å². The molecule has 0 spiro atoms. The van der Waals surface area contributed by atoms with Crippen LogP contribution < -0.4 is 0 Å². The predicted molar refractivity (Wildman–Crippen MR) is 505 cm³/mol. The van der Waals surface area contributed by atoms with E-state index in [2.05, 4.69) is 48.5 Å². The van der Waals surface area contributed by atoms with Crippen LogP contribution in [0.1, 0.15) is 32.9 Å². The lowest BCUT2D eigenvalue weighted by Gasteiger charge is -2.19. The lowest BCUT2D eigenvalue weighted by Crippen LogP contribution is -1.91. The summed E-state index contributed by atoms with van der Waals surface area (Å²) in [6.45, 7) is 0. The van der Waals surface area contributed by atoms with Crippen molar-refractivity contribution in [3.63, 3.8) is 0 Å². The second-order valence-corrected chi connectivity index (χ2v) is 29.2. The number of benzene rings is 23. The summed E-state index contributed by atoms with van der Waals surface area (Å²) in [6.07, 6.45) is 0. The first-order valence-electron chi connectivity index (χ1n) is 50.7. The molecule has 0 saturated carbocycles. The van der Waals surface area contributed by atoms with Gasteiger partial charge in [0, 0.05) is 26.9 Å². The second-order valence-electron chi connectivity index (χ2n) is 29.2. The number of rotatable bonds is 7. The number of hydrogen-bond acceptors (Lipinski definition) is 2. The summed E-state index contributed by atoms with van der Waals surface area (Å²) in [7, 11) is 0. The Hall–Kier alpha value is -15.5. The predicted octanol–water partition coefficient (Wildman–Crippen LogP) is 33.2. The molecule has 118 heavy (non-hydrogen) atoms. The van der Waals surface area contributed by atoms with Gasteiger partial charge in [-0.1, -0.05) is 412 Å². The van der Waals surface area contributed by atoms with Gasteiger partial charge in [0.15, 0.2) is 0 Å². The minimum atomic E-state index is -0.432. The highest BCUT2D eigenvalue weighted by Gasteiger charge is 2.25. The molecule has 548 valence electrons. The zero-order valence-electron chi connectivity index (χ0n) is 86.5. The Morgan fingerprint density at radius 3 is 0.966 bits per heavy atom. The van der Waals surface area contributed by atoms with E-state index in [9.17, 15) is 8.22 Å². The summed E-state index contributed by atoms with van der Waals surface area (Å²) in [4.78, 5) is 0. The van der Waals surface area contributed by atoms with Crippen molar-refractivity contribution in [1.82, 2.24) is 0 Å². The van der Waals surface area contributed by atoms with Crippen LogP contribution in [0.15, 0.2) is 445 Å². The van der Waals surface area contributed by atoms with Crippen molar-refractivity contribution in [2.75, 3.05) is 0 Å². The minimum absolute atomic E-state index is 0.174. The standard InChI is InChI=1S/2C40H24O.C36H24/c1-2-12-25(13-3-1)37-30-17-7-9-19-32(30)38(33-20-10-8-18-31(33)37)26-22-23-35-36(24-26)41-40-34-21-11-5-15-28(34)27-14-4-6-16-29(27)39(35)40;1-2-13-26(14-3-1)37-30-18-8-10-20-32(30)38(33-21-11-9-19-31(33)37)34-24-36-40(29-17-7-6-16-28(29)34)39-27-15-5-4-12-25(27)22-23-35(39)41-36;1-2-12-27(13-3-1)35-31-16-6-8-18-33(31)36(34-19-9-7-17-32(34)35)28-23-21-26(22-24-28)30-20-10-14-25-11-4-5-15-29(25)30/h2*1-24H;1-24H/i7D,8D,9D,10D,17D,18D,19D,20D;8D,9D,10D,11D,18D,19D,20D,21D;6D,7D,8D,9D,16D,17D,18D,19D. The summed E-state index contributed by atoms with van der Waals surface area (Å²) >= 11 is 0. The molecule has 0 radical (unpaired) electrons. The number of fused-ring (bicyclic) bond motifs is 22. The van der Waals surface area contributed by atoms with E-state index in [0.29, 0.717) is 83.5 Å². The molecule has 2 heterocycles. The summed E-state index contributed by atoms with van der Waals surface area (Å²) in [6, 6.07) is 83.9. The van der Waals surface area contributed by atoms with Crippen molar-refractivity contribution in [2.45, 2.75) is 0 Å². The van der Waals surface area contributed by atoms with Gasteiger partial charge >= 0.3 is 0 Å². The lowest BCUT2D eigenvalue weighted by molar-refractivity contribution is 0.669. The molecule has 0 aliphatic heterocycles. The maximum atomic E-state index is 9.31. The van der Waals surface area contributed by atoms with Gasteiger partial charge in [-0.2, -0.15) is 0 Å². The fourth-order valence-corrected chi connectivity index (χ4v) is 17.9. The van der Waals surface area contributed by atoms with Crippen molar-refractivity contribution in [3.05, 3.63) is 436 Å². The highest BCUT2D eigenvalue weighted by atomic mass is 16.3. The molecule has 0 aliphatic carbocycles. The van der Waals surface area contributed by atoms with Gasteiger partial charge in [0.1, 0.15) is 22.3 Å². The average molecular weight is 1520 g/mol. The van der Waals surface area contributed by atoms with Gasteiger partial charge in [-0.05, 0) is 215 Å². The van der Waals surface area contributed by atoms with Crippen LogP contribution >= 0.6 is 0 Å². The molecule has 0 amide bonds. The molecule has 0 unspecified atom stereocenters. The maximum Gasteiger partial charge on any atom is 0.143 e. The van der Waals surface area contributed by atoms with E-state index in [1.54, 1.807) is 72.8 Å². The van der Waals surface area contributed by atoms with Crippen molar-refractivity contribution in [2.24, 2.45) is 0 Å². The molecule has 23 aromatic carbocycles. The minimum Gasteiger partial charge on any atom is -0.456 e. The third kappa shape index (κ3) is 11.1. The topological polar surface area (TPSA) is 26.3 Å². The zero-order chi connectivity index (χ0) is 98.6. The van der Waals surface area contributed by atoms with E-state index in [1.165, 1.54) is 0 Å². The highest BCUT2D eigenvalue weighted by molar-refractivity contribution is 6.33. The molecule has 25 rings (SSSR count). The van der Waals surface area contributed by atoms with Crippen LogP contribution in [0.2, 0.25) is 0 Å². The molecule has 2 nitrogen and oxygen atoms in total. The van der Waals surface area contributed by atoms with Crippen LogP contribution in [0.25, 0.3) is 240 Å². The fourth-order valence-electron chi connectivity index (χ4n) is 17.9. The van der Waals surface area contributed by atoms with Crippen molar-refractivity contribution in [1.29, 1.82) is 0 Å². The Morgan fingerprint density at radius 2 is 0.492 bits per heavy atom. The zero-order valence-corrected chi connectivity index (χ0v) is 62.5. The number of furan rings is 2. The average Bonchev–Trinajstić information content (AvgIpc) is 1.17. The van der Waals surface area contributed by atoms with Crippen LogP contribution in [-0.2, 0) is 0 Å². The number of hydrogen-bond donors (Lipinski definition) is 0. The fraction of sp³-hybridized carbons (Fsp3) is 0. The summed E-state index contributed by atoms with van der Waals surface area (Å²) < 4.78 is 227. The Balaban J connectivity index is 0.000000119. The molecule has 0 N–H and O–H groups in total. The van der Waals surface area contributed by atoms with E-state index in [4.69, 9.17) is 33.5 Å². The molecule has 2 aromatic heterocycles. The summed E-state index contributed by atoms with van der Waals surface area (Å²) in [5.74, 6) is 0. The van der Waals surface area contributed by atoms with Gasteiger partial charge in [0.2, 0.25) is 0 Å². The third-order valence-corrected chi connectivity index (χ3v) is 22.9. The Bertz CT molecular complexity index is 9650. The van der Waals surface area contributed by atoms with Gasteiger partial charge < -0.3 is 8.83 Å². The Kier molecular flexibility index (Phi) is 11.5. The van der Waals surface area contributed by atoms with Crippen LogP contribution in [0.4, 0.5) is 0 Å². The van der Waals surface area contributed by atoms with E-state index < -0.39 is 72.5 Å². The largest absolute Gasteiger partial charge is 0.456 e. The third-order valence-electron chi connectivity index (χ3n) is 22.9. The van der Waals surface area contributed by atoms with Crippen LogP contribution in [0, 0.1) is 0 Å². The SMILES string of the molecule is [2H]c1c([2H])c([2H])c2c(-c3cc4oc5ccc6ccccc6c5c4c4ccccc34)c3c([2H])c([2H])c([2H])c([2H])c3c(-c3ccccc3)c2c1[2H].[2H]c1c([2H])c([2H])c2c(-c3ccc(-c4cccc5ccccc45)cc3)c3c([2H])c([2H])c([2H])c([2H])c3c(-c3ccccc3)c2c1[2H].[2H]c1c([2H])c([2H])c2c(-c3ccc4c(c3)oc3c5ccccc5c5ccccc5c43)c3c([2H])c([2H])c([2H])c([2H])c3c(-c3ccccc3)c2c1[2H]. The molecule has 0 bridgehead atoms. The summed E-state index contributed by atoms with van der Waals surface area (Å²) in [5.41, 5.74) is 9.80. The van der Waals surface area contributed by atoms with E-state index in [0.717, 1.165) is 92.1 Å². The van der Waals surface area contributed by atoms with E-state index in [-0.39, 0.29) is 137 Å². The van der Waals surface area contributed by atoms with Gasteiger partial charge in [-0.25, -0.2) is 0 Å². The highest BCUT2D eigenvalue weighted by Crippen LogP contribution is 2.52. The van der Waals surface area contributed by atoms with Crippen LogP contribution in [0.3, 0.4) is 0 Å². The molecular formula is C116H72O2. The van der Waals surface area contributed by atoms with Gasteiger partial charge in [0.25, 0.3) is 0 Å². The van der Waals surface area contributed by atoms with Crippen LogP contribution in [0.5, 0.6) is 0 Å². The molecule has 0 atom stereocenters. The monoisotopic (exact) mass is 1520 g/mol. The maximum absolute atomic E-state index is 9.31. The normalized spacial score (nSPS) is 14.6. The first-order chi connectivity index (χ1) is 68.6. The van der Waals surface area contributed by atoms with Crippen LogP contribution in [-0.4, -0.2) is 0 Å². The quantitative estimate of drug-likeness (QED) is 0.117.